The van der Waals surface area contributed by atoms with Crippen LogP contribution < -0.4 is 5.56 Å². The second kappa shape index (κ2) is 6.12. The fourth-order valence-corrected chi connectivity index (χ4v) is 2.60. The van der Waals surface area contributed by atoms with Crippen molar-refractivity contribution in [3.63, 3.8) is 0 Å². The van der Waals surface area contributed by atoms with Gasteiger partial charge < -0.3 is 18.8 Å². The summed E-state index contributed by atoms with van der Waals surface area (Å²) in [5.41, 5.74) is -0.160. The number of hydrogen-bond acceptors (Lipinski definition) is 4. The Bertz CT molecular complexity index is 771. The third-order valence-electron chi connectivity index (χ3n) is 3.94. The van der Waals surface area contributed by atoms with Crippen LogP contribution in [0.25, 0.3) is 0 Å². The van der Waals surface area contributed by atoms with Crippen molar-refractivity contribution >= 4 is 11.8 Å². The highest BCUT2D eigenvalue weighted by Gasteiger charge is 2.27. The SMILES string of the molecule is Cn1cccc(C(=O)N2CCN(C(=O)c3ccco3)CC2)c1=O. The highest BCUT2D eigenvalue weighted by atomic mass is 16.3. The van der Waals surface area contributed by atoms with E-state index in [0.29, 0.717) is 31.9 Å². The number of aryl methyl sites for hydroxylation is 1. The van der Waals surface area contributed by atoms with Gasteiger partial charge in [0, 0.05) is 39.4 Å². The molecule has 3 heterocycles. The van der Waals surface area contributed by atoms with Gasteiger partial charge in [0.15, 0.2) is 5.76 Å². The number of rotatable bonds is 2. The van der Waals surface area contributed by atoms with Gasteiger partial charge in [-0.1, -0.05) is 0 Å². The summed E-state index contributed by atoms with van der Waals surface area (Å²) >= 11 is 0. The van der Waals surface area contributed by atoms with Crippen LogP contribution in [-0.2, 0) is 7.05 Å². The van der Waals surface area contributed by atoms with Crippen LogP contribution in [0.4, 0.5) is 0 Å². The van der Waals surface area contributed by atoms with Crippen molar-refractivity contribution in [2.75, 3.05) is 26.2 Å². The molecule has 0 atom stereocenters. The maximum absolute atomic E-state index is 12.5. The topological polar surface area (TPSA) is 75.8 Å². The Kier molecular flexibility index (Phi) is 4.01. The van der Waals surface area contributed by atoms with E-state index in [9.17, 15) is 14.4 Å². The first-order valence-electron chi connectivity index (χ1n) is 7.35. The molecule has 0 radical (unpaired) electrons. The van der Waals surface area contributed by atoms with Crippen LogP contribution >= 0.6 is 0 Å². The molecule has 1 aliphatic rings. The highest BCUT2D eigenvalue weighted by Crippen LogP contribution is 2.11. The van der Waals surface area contributed by atoms with Gasteiger partial charge in [0.2, 0.25) is 0 Å². The van der Waals surface area contributed by atoms with Gasteiger partial charge in [0.25, 0.3) is 17.4 Å². The van der Waals surface area contributed by atoms with E-state index in [-0.39, 0.29) is 22.9 Å². The lowest BCUT2D eigenvalue weighted by molar-refractivity contribution is 0.0517. The molecule has 7 nitrogen and oxygen atoms in total. The molecule has 1 saturated heterocycles. The number of aromatic nitrogens is 1. The Morgan fingerprint density at radius 2 is 1.65 bits per heavy atom. The Morgan fingerprint density at radius 1 is 1.00 bits per heavy atom. The van der Waals surface area contributed by atoms with Crippen LogP contribution in [-0.4, -0.2) is 52.4 Å². The zero-order valence-electron chi connectivity index (χ0n) is 12.8. The predicted molar refractivity (Wildman–Crippen MR) is 82.2 cm³/mol. The summed E-state index contributed by atoms with van der Waals surface area (Å²) in [5.74, 6) is -0.185. The summed E-state index contributed by atoms with van der Waals surface area (Å²) in [6.45, 7) is 1.61. The van der Waals surface area contributed by atoms with Gasteiger partial charge in [-0.2, -0.15) is 0 Å². The van der Waals surface area contributed by atoms with Gasteiger partial charge in [-0.3, -0.25) is 14.4 Å². The Morgan fingerprint density at radius 3 is 2.26 bits per heavy atom. The van der Waals surface area contributed by atoms with Crippen LogP contribution in [0.5, 0.6) is 0 Å². The number of piperazine rings is 1. The van der Waals surface area contributed by atoms with Crippen molar-refractivity contribution in [2.24, 2.45) is 7.05 Å². The van der Waals surface area contributed by atoms with Crippen LogP contribution in [0.2, 0.25) is 0 Å². The first kappa shape index (κ1) is 15.1. The van der Waals surface area contributed by atoms with Crippen molar-refractivity contribution in [1.82, 2.24) is 14.4 Å². The smallest absolute Gasteiger partial charge is 0.289 e. The van der Waals surface area contributed by atoms with Crippen molar-refractivity contribution in [2.45, 2.75) is 0 Å². The van der Waals surface area contributed by atoms with Gasteiger partial charge >= 0.3 is 0 Å². The van der Waals surface area contributed by atoms with Crippen LogP contribution in [0.1, 0.15) is 20.9 Å². The van der Waals surface area contributed by atoms with E-state index in [1.54, 1.807) is 41.2 Å². The van der Waals surface area contributed by atoms with Gasteiger partial charge in [-0.25, -0.2) is 0 Å². The van der Waals surface area contributed by atoms with E-state index < -0.39 is 0 Å². The second-order valence-corrected chi connectivity index (χ2v) is 5.40. The molecule has 3 rings (SSSR count). The van der Waals surface area contributed by atoms with Gasteiger partial charge in [-0.05, 0) is 24.3 Å². The summed E-state index contributed by atoms with van der Waals surface area (Å²) in [5, 5.41) is 0. The van der Waals surface area contributed by atoms with E-state index in [2.05, 4.69) is 0 Å². The maximum atomic E-state index is 12.5. The van der Waals surface area contributed by atoms with Crippen LogP contribution in [0, 0.1) is 0 Å². The van der Waals surface area contributed by atoms with Crippen molar-refractivity contribution in [3.05, 3.63) is 58.4 Å². The van der Waals surface area contributed by atoms with Crippen molar-refractivity contribution in [3.8, 4) is 0 Å². The molecule has 1 aliphatic heterocycles. The van der Waals surface area contributed by atoms with Crippen molar-refractivity contribution < 1.29 is 14.0 Å². The largest absolute Gasteiger partial charge is 0.459 e. The summed E-state index contributed by atoms with van der Waals surface area (Å²) in [6.07, 6.45) is 3.07. The number of amides is 2. The average molecular weight is 315 g/mol. The lowest BCUT2D eigenvalue weighted by Crippen LogP contribution is -2.51. The first-order chi connectivity index (χ1) is 11.1. The fourth-order valence-electron chi connectivity index (χ4n) is 2.60. The molecule has 1 fully saturated rings. The molecule has 0 unspecified atom stereocenters. The number of nitrogens with zero attached hydrogens (tertiary/aromatic N) is 3. The lowest BCUT2D eigenvalue weighted by Gasteiger charge is -2.34. The van der Waals surface area contributed by atoms with Gasteiger partial charge in [0.1, 0.15) is 5.56 Å². The molecule has 0 bridgehead atoms. The summed E-state index contributed by atoms with van der Waals surface area (Å²) in [4.78, 5) is 39.9. The molecular weight excluding hydrogens is 298 g/mol. The lowest BCUT2D eigenvalue weighted by atomic mass is 10.2. The van der Waals surface area contributed by atoms with E-state index in [1.165, 1.54) is 16.9 Å². The number of carbonyl (C=O) groups excluding carboxylic acids is 2. The Balaban J connectivity index is 1.67. The molecule has 23 heavy (non-hydrogen) atoms. The monoisotopic (exact) mass is 315 g/mol. The normalized spacial score (nSPS) is 14.8. The molecular formula is C16H17N3O4. The number of furan rings is 1. The van der Waals surface area contributed by atoms with Crippen LogP contribution in [0.15, 0.2) is 45.9 Å². The predicted octanol–water partition coefficient (Wildman–Crippen LogP) is 0.577. The fraction of sp³-hybridized carbons (Fsp3) is 0.312. The molecule has 0 aromatic carbocycles. The molecule has 120 valence electrons. The maximum Gasteiger partial charge on any atom is 0.289 e. The Hall–Kier alpha value is -2.83. The zero-order valence-corrected chi connectivity index (χ0v) is 12.8. The third-order valence-corrected chi connectivity index (χ3v) is 3.94. The highest BCUT2D eigenvalue weighted by molar-refractivity contribution is 5.94. The molecule has 0 saturated carbocycles. The molecule has 2 amide bonds. The second-order valence-electron chi connectivity index (χ2n) is 5.40. The summed E-state index contributed by atoms with van der Waals surface area (Å²) in [6, 6.07) is 6.49. The molecule has 0 aliphatic carbocycles. The minimum Gasteiger partial charge on any atom is -0.459 e. The van der Waals surface area contributed by atoms with Gasteiger partial charge in [0.05, 0.1) is 6.26 Å². The van der Waals surface area contributed by atoms with E-state index in [0.717, 1.165) is 0 Å². The average Bonchev–Trinajstić information content (AvgIpc) is 3.11. The van der Waals surface area contributed by atoms with E-state index >= 15 is 0 Å². The molecule has 2 aromatic rings. The summed E-state index contributed by atoms with van der Waals surface area (Å²) < 4.78 is 6.48. The number of hydrogen-bond donors (Lipinski definition) is 0. The molecule has 0 N–H and O–H groups in total. The Labute approximate surface area is 132 Å². The van der Waals surface area contributed by atoms with E-state index in [1.807, 2.05) is 0 Å². The standard InChI is InChI=1S/C16H17N3O4/c1-17-6-2-4-12(14(17)20)15(21)18-7-9-19(10-8-18)16(22)13-5-3-11-23-13/h2-6,11H,7-10H2,1H3. The van der Waals surface area contributed by atoms with Crippen LogP contribution in [0.3, 0.4) is 0 Å². The molecule has 0 spiro atoms. The number of pyridine rings is 1. The summed E-state index contributed by atoms with van der Waals surface area (Å²) in [7, 11) is 1.61. The number of carbonyl (C=O) groups is 2. The van der Waals surface area contributed by atoms with Crippen molar-refractivity contribution in [1.29, 1.82) is 0 Å². The minimum atomic E-state index is -0.313. The minimum absolute atomic E-state index is 0.154. The molecule has 2 aromatic heterocycles. The third kappa shape index (κ3) is 2.90. The van der Waals surface area contributed by atoms with E-state index in [4.69, 9.17) is 4.42 Å². The quantitative estimate of drug-likeness (QED) is 0.812. The first-order valence-corrected chi connectivity index (χ1v) is 7.35. The van der Waals surface area contributed by atoms with Gasteiger partial charge in [-0.15, -0.1) is 0 Å². The molecule has 7 heteroatoms. The zero-order chi connectivity index (χ0) is 16.4.